The first-order valence-corrected chi connectivity index (χ1v) is 32.2. The van der Waals surface area contributed by atoms with E-state index in [0.717, 1.165) is 22.0 Å². The molecule has 12 rings (SSSR count). The molecule has 79 heavy (non-hydrogen) atoms. The number of nitrogens with zero attached hydrogens (tertiary/aromatic N) is 4. The zero-order chi connectivity index (χ0) is 55.4. The van der Waals surface area contributed by atoms with Crippen LogP contribution < -0.4 is 37.3 Å². The van der Waals surface area contributed by atoms with Crippen molar-refractivity contribution in [3.8, 4) is 11.3 Å². The van der Waals surface area contributed by atoms with E-state index >= 15 is 0 Å². The van der Waals surface area contributed by atoms with Gasteiger partial charge in [-0.25, -0.2) is 19.9 Å². The van der Waals surface area contributed by atoms with Gasteiger partial charge < -0.3 is 10.0 Å². The fourth-order valence-corrected chi connectivity index (χ4v) is 12.9. The SMILES string of the molecule is Clc1ccc2c(Cl)ccnc2n1.Clc1ccnc2nc(-c3ccccc3)ccc12.OB(O)c1ccccc1.[Cl][Pd][Cl].c1ccc(P(c2ccccc2)c2ccccc2)cc1.c1ccc(P(c2ccccc2)c2ccccc2)cc1. The summed E-state index contributed by atoms with van der Waals surface area (Å²) >= 11 is 17.5. The van der Waals surface area contributed by atoms with E-state index in [9.17, 15) is 0 Å². The monoisotopic (exact) mass is 1260 g/mol. The molecule has 8 aromatic carbocycles. The topological polar surface area (TPSA) is 92.0 Å². The van der Waals surface area contributed by atoms with Gasteiger partial charge in [0, 0.05) is 28.7 Å². The van der Waals surface area contributed by atoms with Crippen molar-refractivity contribution in [1.29, 1.82) is 0 Å². The van der Waals surface area contributed by atoms with E-state index in [0.29, 0.717) is 32.0 Å². The van der Waals surface area contributed by atoms with Crippen LogP contribution in [0.1, 0.15) is 0 Å². The number of aromatic nitrogens is 4. The van der Waals surface area contributed by atoms with Crippen molar-refractivity contribution in [2.24, 2.45) is 0 Å². The van der Waals surface area contributed by atoms with E-state index in [4.69, 9.17) is 63.9 Å². The molecule has 2 N–H and O–H groups in total. The predicted octanol–water partition coefficient (Wildman–Crippen LogP) is 14.5. The van der Waals surface area contributed by atoms with Crippen LogP contribution in [-0.2, 0) is 15.9 Å². The normalized spacial score (nSPS) is 10.3. The Morgan fingerprint density at radius 2 is 0.633 bits per heavy atom. The fourth-order valence-electron chi connectivity index (χ4n) is 7.72. The van der Waals surface area contributed by atoms with Gasteiger partial charge in [0.15, 0.2) is 11.3 Å². The Bertz CT molecular complexity index is 3340. The van der Waals surface area contributed by atoms with Crippen molar-refractivity contribution in [2.45, 2.75) is 0 Å². The maximum absolute atomic E-state index is 8.58. The number of halogens is 5. The van der Waals surface area contributed by atoms with Crippen LogP contribution in [0.5, 0.6) is 0 Å². The number of benzene rings is 8. The summed E-state index contributed by atoms with van der Waals surface area (Å²) in [6.07, 6.45) is 3.28. The molecule has 0 saturated carbocycles. The van der Waals surface area contributed by atoms with Gasteiger partial charge in [-0.15, -0.1) is 0 Å². The Labute approximate surface area is 495 Å². The summed E-state index contributed by atoms with van der Waals surface area (Å²) in [4.78, 5) is 16.8. The minimum absolute atomic E-state index is 0.106. The van der Waals surface area contributed by atoms with E-state index in [1.807, 2.05) is 48.5 Å². The molecule has 15 heteroatoms. The van der Waals surface area contributed by atoms with E-state index in [1.54, 1.807) is 60.9 Å². The molecule has 0 spiro atoms. The van der Waals surface area contributed by atoms with Crippen molar-refractivity contribution in [3.05, 3.63) is 307 Å². The van der Waals surface area contributed by atoms with E-state index in [-0.39, 0.29) is 15.9 Å². The van der Waals surface area contributed by atoms with Gasteiger partial charge in [0.1, 0.15) is 5.15 Å². The third-order valence-electron chi connectivity index (χ3n) is 11.3. The van der Waals surface area contributed by atoms with Crippen molar-refractivity contribution in [3.63, 3.8) is 0 Å². The first kappa shape index (κ1) is 60.5. The van der Waals surface area contributed by atoms with Crippen LogP contribution in [0.2, 0.25) is 15.2 Å². The first-order chi connectivity index (χ1) is 38.7. The molecule has 0 atom stereocenters. The first-order valence-electron chi connectivity index (χ1n) is 24.4. The van der Waals surface area contributed by atoms with Crippen LogP contribution in [0, 0.1) is 0 Å². The second-order valence-corrected chi connectivity index (χ2v) is 24.5. The molecule has 0 aliphatic carbocycles. The van der Waals surface area contributed by atoms with Crippen LogP contribution in [0.4, 0.5) is 0 Å². The van der Waals surface area contributed by atoms with E-state index in [1.165, 1.54) is 31.8 Å². The van der Waals surface area contributed by atoms with Gasteiger partial charge in [-0.1, -0.05) is 277 Å². The van der Waals surface area contributed by atoms with Gasteiger partial charge in [-0.05, 0) is 89.5 Å². The molecule has 0 unspecified atom stereocenters. The minimum atomic E-state index is -1.34. The third kappa shape index (κ3) is 19.0. The van der Waals surface area contributed by atoms with Gasteiger partial charge in [-0.2, -0.15) is 0 Å². The maximum Gasteiger partial charge on any atom is -0.0134 e. The Hall–Kier alpha value is -6.16. The summed E-state index contributed by atoms with van der Waals surface area (Å²) in [5, 5.41) is 29.0. The van der Waals surface area contributed by atoms with Gasteiger partial charge in [0.2, 0.25) is 0 Å². The average Bonchev–Trinajstić information content (AvgIpc) is 3.53. The average molecular weight is 1260 g/mol. The van der Waals surface area contributed by atoms with Crippen molar-refractivity contribution >= 4 is 136 Å². The summed E-state index contributed by atoms with van der Waals surface area (Å²) in [6, 6.07) is 94.2. The summed E-state index contributed by atoms with van der Waals surface area (Å²) in [5.74, 6) is 0. The predicted molar refractivity (Wildman–Crippen MR) is 338 cm³/mol. The second-order valence-electron chi connectivity index (χ2n) is 16.5. The molecule has 0 amide bonds. The smallest absolute Gasteiger partial charge is 0.0134 e. The molecule has 0 aliphatic heterocycles. The Kier molecular flexibility index (Phi) is 25.6. The van der Waals surface area contributed by atoms with Gasteiger partial charge in [-0.3, -0.25) is 0 Å². The van der Waals surface area contributed by atoms with E-state index in [2.05, 4.69) is 202 Å². The molecule has 4 aromatic heterocycles. The molecule has 0 bridgehead atoms. The quantitative estimate of drug-likeness (QED) is 0.0895. The molecule has 0 saturated heterocycles. The van der Waals surface area contributed by atoms with E-state index < -0.39 is 23.0 Å². The van der Waals surface area contributed by atoms with Gasteiger partial charge >= 0.3 is 42.1 Å². The molecule has 0 radical (unpaired) electrons. The summed E-state index contributed by atoms with van der Waals surface area (Å²) < 4.78 is 0. The number of hydrogen-bond donors (Lipinski definition) is 2. The van der Waals surface area contributed by atoms with Gasteiger partial charge in [0.25, 0.3) is 0 Å². The van der Waals surface area contributed by atoms with Gasteiger partial charge in [0.05, 0.1) is 15.7 Å². The van der Waals surface area contributed by atoms with Crippen LogP contribution >= 0.6 is 69.7 Å². The van der Waals surface area contributed by atoms with Crippen LogP contribution in [0.25, 0.3) is 33.3 Å². The Morgan fingerprint density at radius 1 is 0.342 bits per heavy atom. The van der Waals surface area contributed by atoms with Crippen LogP contribution in [-0.4, -0.2) is 37.1 Å². The number of fused-ring (bicyclic) bond motifs is 2. The van der Waals surface area contributed by atoms with Crippen LogP contribution in [0.3, 0.4) is 0 Å². The number of pyridine rings is 4. The molecule has 6 nitrogen and oxygen atoms in total. The summed E-state index contributed by atoms with van der Waals surface area (Å²) in [5.41, 5.74) is 3.77. The third-order valence-corrected chi connectivity index (χ3v) is 17.1. The summed E-state index contributed by atoms with van der Waals surface area (Å²) in [6.45, 7) is 0. The molecular weight excluding hydrogens is 1210 g/mol. The van der Waals surface area contributed by atoms with Crippen molar-refractivity contribution in [1.82, 2.24) is 19.9 Å². The minimum Gasteiger partial charge on any atom is -0.0622 e. The van der Waals surface area contributed by atoms with Crippen LogP contribution in [0.15, 0.2) is 291 Å². The number of hydrogen-bond acceptors (Lipinski definition) is 6. The molecule has 0 aliphatic rings. The second kappa shape index (κ2) is 33.4. The zero-order valence-corrected chi connectivity index (χ0v) is 49.2. The Balaban J connectivity index is 0.000000144. The Morgan fingerprint density at radius 3 is 0.949 bits per heavy atom. The standard InChI is InChI=1S/2C18H15P.C14H9ClN2.C8H4Cl2N2.C6H7BO2.2ClH.Pd/c2*1-4-10-16(11-5-1)19(17-12-6-2-7-13-17)18-14-8-3-9-15-18;15-12-8-9-16-14-11(12)6-7-13(17-14)10-4-2-1-3-5-10;9-6-3-4-11-8-5(6)1-2-7(10)12-8;8-7(9)6-4-2-1-3-5-6;;;/h2*1-15H;1-9H;1-4H;1-5,8-9H;2*1H;/q;;;;;;;+2/p-2. The maximum atomic E-state index is 8.58. The fraction of sp³-hybridized carbons (Fsp3) is 0. The number of rotatable bonds is 8. The molecule has 12 aromatic rings. The van der Waals surface area contributed by atoms with Crippen molar-refractivity contribution in [2.75, 3.05) is 0 Å². The largest absolute Gasteiger partial charge is 0.0622 e. The zero-order valence-electron chi connectivity index (χ0n) is 42.1. The van der Waals surface area contributed by atoms with Crippen molar-refractivity contribution < 1.29 is 26.0 Å². The molecular formula is C64H50BCl5N4O2P2Pd. The molecule has 0 fully saturated rings. The molecule has 396 valence electrons. The summed E-state index contributed by atoms with van der Waals surface area (Å²) in [7, 11) is 7.39. The molecule has 4 heterocycles.